The van der Waals surface area contributed by atoms with Crippen LogP contribution in [-0.2, 0) is 12.8 Å². The summed E-state index contributed by atoms with van der Waals surface area (Å²) in [4.78, 5) is 4.00. The molecule has 0 aromatic heterocycles. The minimum Gasteiger partial charge on any atom is -0.265 e. The van der Waals surface area contributed by atoms with Gasteiger partial charge in [0.1, 0.15) is 0 Å². The summed E-state index contributed by atoms with van der Waals surface area (Å²) in [5, 5.41) is 4.90. The molecular weight excluding hydrogens is 542 g/mol. The number of hydrogen-bond acceptors (Lipinski definition) is 1. The molecule has 0 aliphatic rings. The zero-order valence-corrected chi connectivity index (χ0v) is 26.0. The fraction of sp³-hybridized carbons (Fsp3) is 0.0682. The highest BCUT2D eigenvalue weighted by molar-refractivity contribution is 6.19. The number of rotatable bonds is 12. The Hall–Kier alpha value is -5.53. The Morgan fingerprint density at radius 2 is 1.33 bits per heavy atom. The molecule has 0 radical (unpaired) electrons. The average molecular weight is 582 g/mol. The predicted octanol–water partition coefficient (Wildman–Crippen LogP) is 12.0. The van der Waals surface area contributed by atoms with Crippen LogP contribution < -0.4 is 0 Å². The molecule has 5 rings (SSSR count). The van der Waals surface area contributed by atoms with Crippen molar-refractivity contribution >= 4 is 45.5 Å². The first kappa shape index (κ1) is 30.9. The van der Waals surface area contributed by atoms with Gasteiger partial charge >= 0.3 is 0 Å². The third-order valence-corrected chi connectivity index (χ3v) is 7.90. The van der Waals surface area contributed by atoms with Crippen molar-refractivity contribution < 1.29 is 0 Å². The molecule has 0 unspecified atom stereocenters. The monoisotopic (exact) mass is 581 g/mol. The Balaban J connectivity index is 1.55. The van der Waals surface area contributed by atoms with E-state index in [0.29, 0.717) is 0 Å². The number of allylic oxidation sites excluding steroid dienone is 8. The lowest BCUT2D eigenvalue weighted by atomic mass is 9.85. The fourth-order valence-electron chi connectivity index (χ4n) is 5.85. The van der Waals surface area contributed by atoms with Crippen LogP contribution in [0.2, 0.25) is 0 Å². The highest BCUT2D eigenvalue weighted by atomic mass is 14.6. The van der Waals surface area contributed by atoms with Crippen molar-refractivity contribution in [3.63, 3.8) is 0 Å². The Bertz CT molecular complexity index is 1930. The first-order valence-electron chi connectivity index (χ1n) is 15.4. The number of fused-ring (bicyclic) bond motifs is 2. The molecule has 0 bridgehead atoms. The molecule has 0 heterocycles. The molecule has 0 spiro atoms. The average Bonchev–Trinajstić information content (AvgIpc) is 3.07. The van der Waals surface area contributed by atoms with Gasteiger partial charge in [-0.05, 0) is 98.0 Å². The Labute approximate surface area is 268 Å². The van der Waals surface area contributed by atoms with Crippen molar-refractivity contribution in [2.45, 2.75) is 19.8 Å². The minimum absolute atomic E-state index is 0.841. The Morgan fingerprint density at radius 1 is 0.711 bits per heavy atom. The van der Waals surface area contributed by atoms with E-state index in [1.165, 1.54) is 61.1 Å². The van der Waals surface area contributed by atoms with Gasteiger partial charge in [0.05, 0.1) is 0 Å². The predicted molar refractivity (Wildman–Crippen MR) is 201 cm³/mol. The van der Waals surface area contributed by atoms with Crippen LogP contribution in [0, 0.1) is 0 Å². The highest BCUT2D eigenvalue weighted by Crippen LogP contribution is 2.42. The Kier molecular flexibility index (Phi) is 10.5. The van der Waals surface area contributed by atoms with Crippen LogP contribution in [0.25, 0.3) is 50.4 Å². The van der Waals surface area contributed by atoms with E-state index in [4.69, 9.17) is 0 Å². The zero-order valence-electron chi connectivity index (χ0n) is 26.0. The van der Waals surface area contributed by atoms with Gasteiger partial charge in [0.2, 0.25) is 0 Å². The molecule has 0 fully saturated rings. The van der Waals surface area contributed by atoms with E-state index in [9.17, 15) is 0 Å². The van der Waals surface area contributed by atoms with E-state index in [1.807, 2.05) is 18.2 Å². The second kappa shape index (κ2) is 15.3. The molecule has 0 atom stereocenters. The van der Waals surface area contributed by atoms with E-state index in [2.05, 4.69) is 159 Å². The molecule has 5 aromatic carbocycles. The first-order chi connectivity index (χ1) is 22.2. The molecule has 1 nitrogen and oxygen atoms in total. The number of hydrogen-bond donors (Lipinski definition) is 0. The fourth-order valence-corrected chi connectivity index (χ4v) is 5.85. The maximum atomic E-state index is 4.07. The normalized spacial score (nSPS) is 12.3. The van der Waals surface area contributed by atoms with E-state index in [-0.39, 0.29) is 0 Å². The third-order valence-electron chi connectivity index (χ3n) is 7.90. The number of nitrogens with zero attached hydrogens (tertiary/aromatic N) is 1. The molecule has 45 heavy (non-hydrogen) atoms. The van der Waals surface area contributed by atoms with Crippen LogP contribution in [0.3, 0.4) is 0 Å². The van der Waals surface area contributed by atoms with Crippen LogP contribution in [0.5, 0.6) is 0 Å². The summed E-state index contributed by atoms with van der Waals surface area (Å²) in [5.41, 5.74) is 9.65. The van der Waals surface area contributed by atoms with E-state index in [1.54, 1.807) is 6.21 Å². The summed E-state index contributed by atoms with van der Waals surface area (Å²) in [6.45, 7) is 13.7. The van der Waals surface area contributed by atoms with Crippen LogP contribution in [-0.4, -0.2) is 6.21 Å². The molecule has 0 N–H and O–H groups in total. The topological polar surface area (TPSA) is 12.4 Å². The van der Waals surface area contributed by atoms with Gasteiger partial charge in [0, 0.05) is 12.4 Å². The van der Waals surface area contributed by atoms with Gasteiger partial charge in [-0.25, -0.2) is 0 Å². The van der Waals surface area contributed by atoms with Gasteiger partial charge in [-0.15, -0.1) is 0 Å². The van der Waals surface area contributed by atoms with E-state index >= 15 is 0 Å². The summed E-state index contributed by atoms with van der Waals surface area (Å²) in [7, 11) is 0. The standard InChI is InChI=1S/C44H39N/c1-5-16-36(20-15-19-34-27-25-33(26-28-34)18-13-14-31-45-8-4)43-39-21-9-11-23-41(39)44(42-24-12-10-22-40(42)43)38-30-29-35(7-3)37(32-38)17-6-2/h5-17,20-32H,1,3-4,18-19H2,2H3/b14-13-,17-6-,20-15-,36-16+,45-31?. The molecule has 0 saturated carbocycles. The quantitative estimate of drug-likeness (QED) is 0.0789. The summed E-state index contributed by atoms with van der Waals surface area (Å²) in [6, 6.07) is 33.0. The molecule has 0 aliphatic carbocycles. The maximum Gasteiger partial charge on any atom is 0.0264 e. The van der Waals surface area contributed by atoms with Gasteiger partial charge in [-0.1, -0.05) is 153 Å². The second-order valence-corrected chi connectivity index (χ2v) is 10.8. The first-order valence-corrected chi connectivity index (χ1v) is 15.4. The lowest BCUT2D eigenvalue weighted by Gasteiger charge is -2.18. The molecule has 220 valence electrons. The molecule has 0 aliphatic heterocycles. The molecule has 1 heteroatoms. The van der Waals surface area contributed by atoms with Crippen molar-refractivity contribution in [3.8, 4) is 11.1 Å². The summed E-state index contributed by atoms with van der Waals surface area (Å²) in [6.07, 6.45) is 23.7. The molecule has 0 amide bonds. The Morgan fingerprint density at radius 3 is 1.91 bits per heavy atom. The van der Waals surface area contributed by atoms with Crippen molar-refractivity contribution in [3.05, 3.63) is 187 Å². The largest absolute Gasteiger partial charge is 0.265 e. The van der Waals surface area contributed by atoms with E-state index in [0.717, 1.165) is 24.0 Å². The molecule has 0 saturated heterocycles. The van der Waals surface area contributed by atoms with Crippen molar-refractivity contribution in [1.82, 2.24) is 0 Å². The third kappa shape index (κ3) is 7.17. The maximum absolute atomic E-state index is 4.07. The van der Waals surface area contributed by atoms with Crippen LogP contribution in [0.4, 0.5) is 0 Å². The second-order valence-electron chi connectivity index (χ2n) is 10.8. The lowest BCUT2D eigenvalue weighted by molar-refractivity contribution is 1.22. The zero-order chi connectivity index (χ0) is 31.4. The van der Waals surface area contributed by atoms with Crippen LogP contribution >= 0.6 is 0 Å². The number of benzene rings is 5. The van der Waals surface area contributed by atoms with Crippen molar-refractivity contribution in [2.24, 2.45) is 4.99 Å². The van der Waals surface area contributed by atoms with Crippen LogP contribution in [0.1, 0.15) is 34.7 Å². The highest BCUT2D eigenvalue weighted by Gasteiger charge is 2.17. The van der Waals surface area contributed by atoms with Crippen LogP contribution in [0.15, 0.2) is 164 Å². The number of aliphatic imine (C=N–C) groups is 1. The molecular formula is C44H39N. The van der Waals surface area contributed by atoms with Gasteiger partial charge < -0.3 is 0 Å². The summed E-state index contributed by atoms with van der Waals surface area (Å²) < 4.78 is 0. The van der Waals surface area contributed by atoms with Gasteiger partial charge in [-0.3, -0.25) is 4.99 Å². The minimum atomic E-state index is 0.841. The van der Waals surface area contributed by atoms with Crippen molar-refractivity contribution in [1.29, 1.82) is 0 Å². The summed E-state index contributed by atoms with van der Waals surface area (Å²) in [5.74, 6) is 0. The summed E-state index contributed by atoms with van der Waals surface area (Å²) >= 11 is 0. The SMILES string of the molecule is C=C/C=C(\C=C/Cc1ccc(C/C=C\C=NC=C)cc1)c1c2ccccc2c(-c2ccc(C=C)c(/C=C\C)c2)c2ccccc12. The van der Waals surface area contributed by atoms with Gasteiger partial charge in [-0.2, -0.15) is 0 Å². The smallest absolute Gasteiger partial charge is 0.0264 e. The van der Waals surface area contributed by atoms with E-state index < -0.39 is 0 Å². The van der Waals surface area contributed by atoms with Gasteiger partial charge in [0.15, 0.2) is 0 Å². The molecule has 5 aromatic rings. The van der Waals surface area contributed by atoms with Crippen molar-refractivity contribution in [2.75, 3.05) is 0 Å². The lowest BCUT2D eigenvalue weighted by Crippen LogP contribution is -1.94. The van der Waals surface area contributed by atoms with Gasteiger partial charge in [0.25, 0.3) is 0 Å².